The van der Waals surface area contributed by atoms with E-state index in [9.17, 15) is 24.9 Å². The number of nitrogens with zero attached hydrogens (tertiary/aromatic N) is 4. The van der Waals surface area contributed by atoms with Crippen molar-refractivity contribution in [3.63, 3.8) is 0 Å². The number of aliphatic hydroxyl groups is 3. The maximum absolute atomic E-state index is 13.4. The topological polar surface area (TPSA) is 185 Å². The summed E-state index contributed by atoms with van der Waals surface area (Å²) >= 11 is 0. The van der Waals surface area contributed by atoms with Gasteiger partial charge < -0.3 is 40.8 Å². The Kier molecular flexibility index (Phi) is 9.65. The summed E-state index contributed by atoms with van der Waals surface area (Å²) < 4.78 is 0. The number of hydrogen-bond donors (Lipinski definition) is 6. The molecule has 2 saturated heterocycles. The fourth-order valence-corrected chi connectivity index (χ4v) is 7.54. The van der Waals surface area contributed by atoms with Gasteiger partial charge in [0.2, 0.25) is 5.91 Å². The maximum Gasteiger partial charge on any atom is 0.256 e. The smallest absolute Gasteiger partial charge is 0.256 e. The average Bonchev–Trinajstić information content (AvgIpc) is 4.04. The molecular weight excluding hydrogens is 683 g/mol. The number of hydrogen-bond acceptors (Lipinski definition) is 8. The number of benzene rings is 4. The highest BCUT2D eigenvalue weighted by Crippen LogP contribution is 2.36. The number of carbonyl (C=O) groups is 2. The molecule has 0 spiro atoms. The van der Waals surface area contributed by atoms with E-state index in [4.69, 9.17) is 5.73 Å². The van der Waals surface area contributed by atoms with E-state index in [0.29, 0.717) is 30.1 Å². The number of carbonyl (C=O) groups excluding carboxylic acids is 2. The van der Waals surface area contributed by atoms with Gasteiger partial charge in [-0.25, -0.2) is 9.97 Å². The lowest BCUT2D eigenvalue weighted by Gasteiger charge is -2.26. The fraction of sp³-hybridized carbons (Fsp3) is 0.238. The molecule has 4 heterocycles. The van der Waals surface area contributed by atoms with E-state index in [-0.39, 0.29) is 19.0 Å². The van der Waals surface area contributed by atoms with Gasteiger partial charge in [-0.3, -0.25) is 9.59 Å². The molecule has 2 aliphatic rings. The summed E-state index contributed by atoms with van der Waals surface area (Å²) in [5.74, 6) is 0.428. The van der Waals surface area contributed by atoms with Gasteiger partial charge in [0.15, 0.2) is 6.10 Å². The summed E-state index contributed by atoms with van der Waals surface area (Å²) in [6.07, 6.45) is 1.44. The third-order valence-corrected chi connectivity index (χ3v) is 10.4. The minimum absolute atomic E-state index is 0.118. The van der Waals surface area contributed by atoms with Crippen molar-refractivity contribution in [1.82, 2.24) is 29.7 Å². The highest BCUT2D eigenvalue weighted by molar-refractivity contribution is 5.84. The molecule has 0 unspecified atom stereocenters. The number of aromatic amines is 2. The first-order valence-corrected chi connectivity index (χ1v) is 18.0. The summed E-state index contributed by atoms with van der Waals surface area (Å²) in [5, 5.41) is 31.7. The summed E-state index contributed by atoms with van der Waals surface area (Å²) in [6.45, 7) is 0.312. The number of nitrogens with one attached hydrogen (secondary N) is 2. The standard InChI is InChI=1S/C42H41N7O5/c43-37(29-7-3-1-4-8-29)41(53)48-23-31(50)19-35(48)39-44-21-33(46-39)27-15-11-25(12-16-27)26-13-17-28(18-14-26)34-22-45-40(47-34)36-20-32(51)24-49(36)42(54)38(52)30-9-5-2-6-10-30/h1-18,21-22,31-32,35-38,50-52H,19-20,23-24,43H2,(H,44,46)(H,45,47)/t31-,32+,35+,36+,37-,38-/m1/s1. The second-order valence-electron chi connectivity index (χ2n) is 14.0. The Hall–Kier alpha value is -5.92. The molecule has 6 atom stereocenters. The van der Waals surface area contributed by atoms with E-state index < -0.39 is 42.3 Å². The van der Waals surface area contributed by atoms with Gasteiger partial charge in [-0.05, 0) is 33.4 Å². The monoisotopic (exact) mass is 723 g/mol. The van der Waals surface area contributed by atoms with Gasteiger partial charge in [0.25, 0.3) is 5.91 Å². The Morgan fingerprint density at radius 3 is 1.48 bits per heavy atom. The number of aromatic nitrogens is 4. The van der Waals surface area contributed by atoms with Crippen LogP contribution in [0.5, 0.6) is 0 Å². The molecule has 0 bridgehead atoms. The first kappa shape index (κ1) is 35.1. The van der Waals surface area contributed by atoms with Crippen LogP contribution in [0.4, 0.5) is 0 Å². The number of β-amino-alcohol motifs (C(OH)–C–C–N with tert-alkyl or cyclic N) is 2. The first-order chi connectivity index (χ1) is 26.2. The predicted molar refractivity (Wildman–Crippen MR) is 202 cm³/mol. The molecule has 12 heteroatoms. The molecule has 54 heavy (non-hydrogen) atoms. The highest BCUT2D eigenvalue weighted by atomic mass is 16.3. The third-order valence-electron chi connectivity index (χ3n) is 10.4. The second-order valence-corrected chi connectivity index (χ2v) is 14.0. The van der Waals surface area contributed by atoms with E-state index >= 15 is 0 Å². The van der Waals surface area contributed by atoms with Crippen LogP contribution < -0.4 is 5.73 Å². The minimum Gasteiger partial charge on any atom is -0.391 e. The average molecular weight is 724 g/mol. The zero-order valence-corrected chi connectivity index (χ0v) is 29.4. The Morgan fingerprint density at radius 2 is 1.02 bits per heavy atom. The lowest BCUT2D eigenvalue weighted by Crippen LogP contribution is -2.39. The number of H-pyrrole nitrogens is 2. The van der Waals surface area contributed by atoms with Gasteiger partial charge in [-0.15, -0.1) is 0 Å². The predicted octanol–water partition coefficient (Wildman–Crippen LogP) is 4.84. The van der Waals surface area contributed by atoms with Crippen molar-refractivity contribution < 1.29 is 24.9 Å². The molecule has 2 aliphatic heterocycles. The molecule has 2 aromatic heterocycles. The van der Waals surface area contributed by atoms with Crippen molar-refractivity contribution in [3.05, 3.63) is 144 Å². The lowest BCUT2D eigenvalue weighted by atomic mass is 10.0. The molecule has 0 saturated carbocycles. The van der Waals surface area contributed by atoms with E-state index in [1.807, 2.05) is 84.9 Å². The van der Waals surface area contributed by atoms with Crippen molar-refractivity contribution in [3.8, 4) is 33.6 Å². The van der Waals surface area contributed by atoms with E-state index in [1.165, 1.54) is 4.90 Å². The van der Waals surface area contributed by atoms with Gasteiger partial charge in [-0.2, -0.15) is 0 Å². The molecular formula is C42H41N7O5. The molecule has 2 fully saturated rings. The van der Waals surface area contributed by atoms with Crippen LogP contribution in [0.15, 0.2) is 122 Å². The highest BCUT2D eigenvalue weighted by Gasteiger charge is 2.40. The van der Waals surface area contributed by atoms with E-state index in [0.717, 1.165) is 39.2 Å². The molecule has 7 N–H and O–H groups in total. The Bertz CT molecular complexity index is 2060. The molecule has 274 valence electrons. The van der Waals surface area contributed by atoms with Gasteiger partial charge >= 0.3 is 0 Å². The number of nitrogens with two attached hydrogens (primary N) is 1. The van der Waals surface area contributed by atoms with Crippen LogP contribution in [0.2, 0.25) is 0 Å². The number of aliphatic hydroxyl groups excluding tert-OH is 3. The van der Waals surface area contributed by atoms with Crippen LogP contribution in [0, 0.1) is 0 Å². The second kappa shape index (κ2) is 14.8. The SMILES string of the molecule is N[C@@H](C(=O)N1C[C@H](O)C[C@H]1c1ncc(-c2ccc(-c3ccc(-c4cnc([C@@H]5C[C@H](O)CN5C(=O)[C@H](O)c5ccccc5)[nH]4)cc3)cc2)[nH]1)c1ccccc1. The van der Waals surface area contributed by atoms with Crippen molar-refractivity contribution in [2.24, 2.45) is 5.73 Å². The minimum atomic E-state index is -1.33. The zero-order chi connectivity index (χ0) is 37.3. The van der Waals surface area contributed by atoms with Crippen LogP contribution in [-0.4, -0.2) is 82.2 Å². The molecule has 12 nitrogen and oxygen atoms in total. The Morgan fingerprint density at radius 1 is 0.611 bits per heavy atom. The molecule has 4 aromatic carbocycles. The van der Waals surface area contributed by atoms with Crippen molar-refractivity contribution in [2.75, 3.05) is 13.1 Å². The summed E-state index contributed by atoms with van der Waals surface area (Å²) in [5.41, 5.74) is 13.0. The van der Waals surface area contributed by atoms with Crippen LogP contribution in [0.25, 0.3) is 33.6 Å². The maximum atomic E-state index is 13.4. The summed E-state index contributed by atoms with van der Waals surface area (Å²) in [6, 6.07) is 32.4. The molecule has 8 rings (SSSR count). The van der Waals surface area contributed by atoms with E-state index in [1.54, 1.807) is 41.6 Å². The molecule has 6 aromatic rings. The molecule has 2 amide bonds. The van der Waals surface area contributed by atoms with Crippen LogP contribution in [0.3, 0.4) is 0 Å². The fourth-order valence-electron chi connectivity index (χ4n) is 7.54. The van der Waals surface area contributed by atoms with Crippen LogP contribution in [-0.2, 0) is 9.59 Å². The number of imidazole rings is 2. The number of likely N-dealkylation sites (tertiary alicyclic amines) is 2. The Labute approximate surface area is 312 Å². The van der Waals surface area contributed by atoms with E-state index in [2.05, 4.69) is 19.9 Å². The van der Waals surface area contributed by atoms with Gasteiger partial charge in [-0.1, -0.05) is 109 Å². The summed E-state index contributed by atoms with van der Waals surface area (Å²) in [4.78, 5) is 45.7. The zero-order valence-electron chi connectivity index (χ0n) is 29.4. The molecule has 0 aliphatic carbocycles. The third kappa shape index (κ3) is 6.95. The summed E-state index contributed by atoms with van der Waals surface area (Å²) in [7, 11) is 0. The first-order valence-electron chi connectivity index (χ1n) is 18.0. The Balaban J connectivity index is 0.934. The van der Waals surface area contributed by atoms with Gasteiger partial charge in [0.05, 0.1) is 48.1 Å². The van der Waals surface area contributed by atoms with Gasteiger partial charge in [0.1, 0.15) is 17.7 Å². The van der Waals surface area contributed by atoms with Crippen molar-refractivity contribution in [2.45, 2.75) is 49.3 Å². The van der Waals surface area contributed by atoms with Crippen LogP contribution in [0.1, 0.15) is 59.8 Å². The number of amides is 2. The normalized spacial score (nSPS) is 21.0. The quantitative estimate of drug-likeness (QED) is 0.122. The lowest BCUT2D eigenvalue weighted by molar-refractivity contribution is -0.142. The number of rotatable bonds is 9. The van der Waals surface area contributed by atoms with Crippen molar-refractivity contribution >= 4 is 11.8 Å². The van der Waals surface area contributed by atoms with Crippen molar-refractivity contribution in [1.29, 1.82) is 0 Å². The van der Waals surface area contributed by atoms with Gasteiger partial charge in [0, 0.05) is 25.9 Å². The van der Waals surface area contributed by atoms with Crippen LogP contribution >= 0.6 is 0 Å². The largest absolute Gasteiger partial charge is 0.391 e. The molecule has 0 radical (unpaired) electrons.